The third-order valence-electron chi connectivity index (χ3n) is 6.54. The topological polar surface area (TPSA) is 46.9 Å². The number of carbonyl (C=O) groups excluding carboxylic acids is 1. The highest BCUT2D eigenvalue weighted by atomic mass is 19.4. The summed E-state index contributed by atoms with van der Waals surface area (Å²) in [6, 6.07) is 5.07. The van der Waals surface area contributed by atoms with Crippen molar-refractivity contribution in [1.29, 1.82) is 0 Å². The molecule has 0 unspecified atom stereocenters. The van der Waals surface area contributed by atoms with Gasteiger partial charge in [0.05, 0.1) is 16.9 Å². The Morgan fingerprint density at radius 3 is 2.39 bits per heavy atom. The molecule has 166 valence electrons. The van der Waals surface area contributed by atoms with Gasteiger partial charge in [0.2, 0.25) is 5.91 Å². The molecule has 1 aromatic carbocycles. The molecule has 7 heteroatoms. The van der Waals surface area contributed by atoms with Crippen molar-refractivity contribution in [3.05, 3.63) is 58.9 Å². The minimum absolute atomic E-state index is 0.00708. The molecule has 0 bridgehead atoms. The Morgan fingerprint density at radius 2 is 1.74 bits per heavy atom. The van der Waals surface area contributed by atoms with Crippen LogP contribution >= 0.6 is 0 Å². The minimum atomic E-state index is -4.36. The molecule has 0 radical (unpaired) electrons. The van der Waals surface area contributed by atoms with E-state index in [4.69, 9.17) is 0 Å². The smallest absolute Gasteiger partial charge is 0.350 e. The molecular formula is C24H28F3N3O. The molecular weight excluding hydrogens is 403 g/mol. The zero-order valence-corrected chi connectivity index (χ0v) is 17.9. The zero-order chi connectivity index (χ0) is 22.2. The van der Waals surface area contributed by atoms with Crippen molar-refractivity contribution in [1.82, 2.24) is 15.1 Å². The van der Waals surface area contributed by atoms with E-state index >= 15 is 0 Å². The van der Waals surface area contributed by atoms with Crippen LogP contribution in [-0.4, -0.2) is 21.7 Å². The third-order valence-corrected chi connectivity index (χ3v) is 6.54. The number of aromatic nitrogens is 2. The molecule has 0 saturated heterocycles. The van der Waals surface area contributed by atoms with Crippen molar-refractivity contribution in [3.63, 3.8) is 0 Å². The summed E-state index contributed by atoms with van der Waals surface area (Å²) in [5, 5.41) is 7.78. The standard InChI is InChI=1S/C24H28F3N3O/c1-15-22(16(2)30(29-15)21-12-9-19(10-13-21)24(25,26)27)18-8-11-20(14-18)28-23(31)17-6-4-3-5-7-17/h8-13,17-18,20H,3-7,14H2,1-2H3,(H,28,31)/t18-,20+/m0/s1. The highest BCUT2D eigenvalue weighted by molar-refractivity contribution is 5.79. The monoisotopic (exact) mass is 431 g/mol. The summed E-state index contributed by atoms with van der Waals surface area (Å²) < 4.78 is 40.3. The lowest BCUT2D eigenvalue weighted by molar-refractivity contribution is -0.137. The first kappa shape index (κ1) is 21.7. The first-order chi connectivity index (χ1) is 14.7. The third kappa shape index (κ3) is 4.55. The van der Waals surface area contributed by atoms with Crippen LogP contribution in [0.1, 0.15) is 67.0 Å². The highest BCUT2D eigenvalue weighted by Gasteiger charge is 2.31. The van der Waals surface area contributed by atoms with Crippen LogP contribution in [0.25, 0.3) is 5.69 Å². The molecule has 31 heavy (non-hydrogen) atoms. The fraction of sp³-hybridized carbons (Fsp3) is 0.500. The number of alkyl halides is 3. The van der Waals surface area contributed by atoms with Crippen LogP contribution in [-0.2, 0) is 11.0 Å². The lowest BCUT2D eigenvalue weighted by Crippen LogP contribution is -2.38. The van der Waals surface area contributed by atoms with Gasteiger partial charge in [-0.1, -0.05) is 31.4 Å². The van der Waals surface area contributed by atoms with Crippen LogP contribution in [0.2, 0.25) is 0 Å². The Hall–Kier alpha value is -2.57. The maximum Gasteiger partial charge on any atom is 0.416 e. The summed E-state index contributed by atoms with van der Waals surface area (Å²) in [5.41, 5.74) is 2.76. The summed E-state index contributed by atoms with van der Waals surface area (Å²) in [6.45, 7) is 3.86. The Labute approximate surface area is 180 Å². The largest absolute Gasteiger partial charge is 0.416 e. The molecule has 1 saturated carbocycles. The number of allylic oxidation sites excluding steroid dienone is 1. The van der Waals surface area contributed by atoms with Crippen molar-refractivity contribution >= 4 is 5.91 Å². The van der Waals surface area contributed by atoms with Crippen LogP contribution in [0, 0.1) is 19.8 Å². The second-order valence-corrected chi connectivity index (χ2v) is 8.72. The van der Waals surface area contributed by atoms with E-state index in [1.54, 1.807) is 4.68 Å². The van der Waals surface area contributed by atoms with Gasteiger partial charge in [-0.2, -0.15) is 18.3 Å². The molecule has 2 aromatic rings. The Morgan fingerprint density at radius 1 is 1.06 bits per heavy atom. The fourth-order valence-corrected chi connectivity index (χ4v) is 4.92. The van der Waals surface area contributed by atoms with Crippen molar-refractivity contribution in [3.8, 4) is 5.69 Å². The van der Waals surface area contributed by atoms with Crippen LogP contribution in [0.3, 0.4) is 0 Å². The lowest BCUT2D eigenvalue weighted by atomic mass is 9.88. The van der Waals surface area contributed by atoms with E-state index in [9.17, 15) is 18.0 Å². The number of hydrogen-bond donors (Lipinski definition) is 1. The van der Waals surface area contributed by atoms with Gasteiger partial charge in [-0.25, -0.2) is 4.68 Å². The number of nitrogens with zero attached hydrogens (tertiary/aromatic N) is 2. The summed E-state index contributed by atoms with van der Waals surface area (Å²) in [7, 11) is 0. The van der Waals surface area contributed by atoms with Gasteiger partial charge in [0.1, 0.15) is 0 Å². The van der Waals surface area contributed by atoms with Gasteiger partial charge >= 0.3 is 6.18 Å². The van der Waals surface area contributed by atoms with E-state index in [-0.39, 0.29) is 23.8 Å². The number of aryl methyl sites for hydroxylation is 1. The quantitative estimate of drug-likeness (QED) is 0.639. The van der Waals surface area contributed by atoms with E-state index in [0.29, 0.717) is 5.69 Å². The van der Waals surface area contributed by atoms with Crippen LogP contribution in [0.15, 0.2) is 36.4 Å². The van der Waals surface area contributed by atoms with E-state index < -0.39 is 11.7 Å². The maximum absolute atomic E-state index is 12.9. The highest BCUT2D eigenvalue weighted by Crippen LogP contribution is 2.35. The Kier molecular flexibility index (Phi) is 5.95. The molecule has 4 rings (SSSR count). The molecule has 2 aliphatic carbocycles. The van der Waals surface area contributed by atoms with Crippen molar-refractivity contribution in [2.75, 3.05) is 0 Å². The first-order valence-electron chi connectivity index (χ1n) is 11.0. The fourth-order valence-electron chi connectivity index (χ4n) is 4.92. The molecule has 4 nitrogen and oxygen atoms in total. The van der Waals surface area contributed by atoms with E-state index in [1.807, 2.05) is 13.8 Å². The molecule has 1 fully saturated rings. The van der Waals surface area contributed by atoms with Crippen LogP contribution in [0.5, 0.6) is 0 Å². The number of hydrogen-bond acceptors (Lipinski definition) is 2. The molecule has 0 aliphatic heterocycles. The number of amides is 1. The molecule has 1 aromatic heterocycles. The summed E-state index contributed by atoms with van der Waals surface area (Å²) >= 11 is 0. The van der Waals surface area contributed by atoms with Gasteiger partial charge in [0.15, 0.2) is 0 Å². The number of halogens is 3. The van der Waals surface area contributed by atoms with Gasteiger partial charge in [-0.3, -0.25) is 4.79 Å². The number of carbonyl (C=O) groups is 1. The Bertz CT molecular complexity index is 969. The van der Waals surface area contributed by atoms with Gasteiger partial charge < -0.3 is 5.32 Å². The average Bonchev–Trinajstić information content (AvgIpc) is 3.31. The maximum atomic E-state index is 12.9. The number of rotatable bonds is 4. The predicted molar refractivity (Wildman–Crippen MR) is 113 cm³/mol. The summed E-state index contributed by atoms with van der Waals surface area (Å²) in [4.78, 5) is 12.6. The average molecular weight is 432 g/mol. The van der Waals surface area contributed by atoms with Crippen LogP contribution in [0.4, 0.5) is 13.2 Å². The van der Waals surface area contributed by atoms with E-state index in [0.717, 1.165) is 61.2 Å². The van der Waals surface area contributed by atoms with Crippen molar-refractivity contribution < 1.29 is 18.0 Å². The molecule has 1 amide bonds. The molecule has 2 aliphatic rings. The van der Waals surface area contributed by atoms with E-state index in [2.05, 4.69) is 22.6 Å². The molecule has 1 N–H and O–H groups in total. The van der Waals surface area contributed by atoms with Crippen LogP contribution < -0.4 is 5.32 Å². The van der Waals surface area contributed by atoms with Gasteiger partial charge in [0, 0.05) is 29.1 Å². The normalized spacial score (nSPS) is 22.1. The predicted octanol–water partition coefficient (Wildman–Crippen LogP) is 5.62. The minimum Gasteiger partial charge on any atom is -0.350 e. The first-order valence-corrected chi connectivity index (χ1v) is 11.0. The summed E-state index contributed by atoms with van der Waals surface area (Å²) in [6.07, 6.45) is 6.01. The summed E-state index contributed by atoms with van der Waals surface area (Å²) in [5.74, 6) is 0.413. The van der Waals surface area contributed by atoms with Gasteiger partial charge in [0.25, 0.3) is 0 Å². The Balaban J connectivity index is 1.47. The molecule has 2 atom stereocenters. The SMILES string of the molecule is Cc1nn(-c2ccc(C(F)(F)F)cc2)c(C)c1[C@H]1C=C[C@@H](NC(=O)C2CCCCC2)C1. The van der Waals surface area contributed by atoms with Gasteiger partial charge in [-0.05, 0) is 57.4 Å². The second-order valence-electron chi connectivity index (χ2n) is 8.72. The second kappa shape index (κ2) is 8.52. The van der Waals surface area contributed by atoms with Crippen molar-refractivity contribution in [2.45, 2.75) is 70.5 Å². The van der Waals surface area contributed by atoms with Crippen molar-refractivity contribution in [2.24, 2.45) is 5.92 Å². The number of benzene rings is 1. The molecule has 0 spiro atoms. The molecule has 1 heterocycles. The van der Waals surface area contributed by atoms with E-state index in [1.165, 1.54) is 18.6 Å². The number of nitrogens with one attached hydrogen (secondary N) is 1. The zero-order valence-electron chi connectivity index (χ0n) is 17.9. The lowest BCUT2D eigenvalue weighted by Gasteiger charge is -2.23. The van der Waals surface area contributed by atoms with Gasteiger partial charge in [-0.15, -0.1) is 0 Å².